The van der Waals surface area contributed by atoms with Crippen LogP contribution in [-0.2, 0) is 4.79 Å². The van der Waals surface area contributed by atoms with Crippen LogP contribution in [0.15, 0.2) is 85.1 Å². The van der Waals surface area contributed by atoms with E-state index in [1.54, 1.807) is 24.3 Å². The van der Waals surface area contributed by atoms with Crippen LogP contribution in [0.5, 0.6) is 0 Å². The highest BCUT2D eigenvalue weighted by atomic mass is 16.2. The number of carbonyl (C=O) groups excluding carboxylic acids is 1. The fourth-order valence-electron chi connectivity index (χ4n) is 3.79. The van der Waals surface area contributed by atoms with E-state index in [1.165, 1.54) is 16.5 Å². The Morgan fingerprint density at radius 3 is 2.52 bits per heavy atom. The number of carbonyl (C=O) groups is 1. The molecule has 0 radical (unpaired) electrons. The molecule has 0 saturated heterocycles. The largest absolute Gasteiger partial charge is 0.361 e. The number of nitrogens with one attached hydrogen (secondary N) is 3. The molecule has 3 aromatic carbocycles. The summed E-state index contributed by atoms with van der Waals surface area (Å²) in [5, 5.41) is 16.7. The van der Waals surface area contributed by atoms with Gasteiger partial charge in [-0.3, -0.25) is 4.79 Å². The lowest BCUT2D eigenvalue weighted by molar-refractivity contribution is -0.117. The molecule has 154 valence electrons. The number of rotatable bonds is 7. The minimum Gasteiger partial charge on any atom is -0.361 e. The Kier molecular flexibility index (Phi) is 6.11. The van der Waals surface area contributed by atoms with Gasteiger partial charge in [0.15, 0.2) is 0 Å². The van der Waals surface area contributed by atoms with Gasteiger partial charge in [0.1, 0.15) is 6.07 Å². The van der Waals surface area contributed by atoms with E-state index in [-0.39, 0.29) is 11.8 Å². The van der Waals surface area contributed by atoms with E-state index in [9.17, 15) is 10.1 Å². The van der Waals surface area contributed by atoms with Crippen molar-refractivity contribution >= 4 is 22.5 Å². The van der Waals surface area contributed by atoms with E-state index in [2.05, 4.69) is 52.1 Å². The van der Waals surface area contributed by atoms with E-state index in [1.807, 2.05) is 37.3 Å². The Balaban J connectivity index is 1.53. The summed E-state index contributed by atoms with van der Waals surface area (Å²) in [6, 6.07) is 27.2. The zero-order valence-electron chi connectivity index (χ0n) is 17.3. The summed E-state index contributed by atoms with van der Waals surface area (Å²) in [7, 11) is 0. The van der Waals surface area contributed by atoms with E-state index >= 15 is 0 Å². The molecule has 1 amide bonds. The van der Waals surface area contributed by atoms with E-state index in [0.717, 1.165) is 5.52 Å². The van der Waals surface area contributed by atoms with Crippen molar-refractivity contribution in [2.24, 2.45) is 0 Å². The molecule has 1 aromatic heterocycles. The minimum atomic E-state index is -0.428. The number of nitriles is 1. The van der Waals surface area contributed by atoms with Gasteiger partial charge in [0.2, 0.25) is 5.91 Å². The van der Waals surface area contributed by atoms with Crippen LogP contribution in [0.4, 0.5) is 5.69 Å². The van der Waals surface area contributed by atoms with Gasteiger partial charge in [0.25, 0.3) is 0 Å². The first-order chi connectivity index (χ1) is 15.2. The van der Waals surface area contributed by atoms with Gasteiger partial charge in [-0.1, -0.05) is 60.7 Å². The van der Waals surface area contributed by atoms with Crippen LogP contribution in [-0.4, -0.2) is 23.5 Å². The first-order valence-corrected chi connectivity index (χ1v) is 10.3. The van der Waals surface area contributed by atoms with Crippen molar-refractivity contribution in [3.63, 3.8) is 0 Å². The number of hydrogen-bond donors (Lipinski definition) is 3. The van der Waals surface area contributed by atoms with Gasteiger partial charge in [-0.25, -0.2) is 0 Å². The minimum absolute atomic E-state index is 0.0824. The molecular formula is C26H24N4O. The monoisotopic (exact) mass is 408 g/mol. The molecule has 0 saturated carbocycles. The third-order valence-electron chi connectivity index (χ3n) is 5.53. The number of aromatic nitrogens is 1. The summed E-state index contributed by atoms with van der Waals surface area (Å²) >= 11 is 0. The quantitative estimate of drug-likeness (QED) is 0.411. The maximum atomic E-state index is 12.7. The van der Waals surface area contributed by atoms with Gasteiger partial charge in [0.05, 0.1) is 17.3 Å². The molecule has 1 heterocycles. The normalized spacial score (nSPS) is 12.8. The lowest BCUT2D eigenvalue weighted by atomic mass is 9.90. The number of hydrogen-bond acceptors (Lipinski definition) is 3. The molecule has 0 aliphatic carbocycles. The molecular weight excluding hydrogens is 384 g/mol. The van der Waals surface area contributed by atoms with Crippen molar-refractivity contribution in [2.45, 2.75) is 18.9 Å². The molecule has 0 bridgehead atoms. The van der Waals surface area contributed by atoms with E-state index in [0.29, 0.717) is 17.8 Å². The van der Waals surface area contributed by atoms with Gasteiger partial charge in [-0.2, -0.15) is 5.26 Å². The molecule has 2 atom stereocenters. The number of nitrogens with zero attached hydrogens (tertiary/aromatic N) is 1. The highest BCUT2D eigenvalue weighted by molar-refractivity contribution is 5.95. The second-order valence-electron chi connectivity index (χ2n) is 7.53. The first-order valence-electron chi connectivity index (χ1n) is 10.3. The third kappa shape index (κ3) is 4.50. The van der Waals surface area contributed by atoms with Gasteiger partial charge in [0, 0.05) is 29.6 Å². The standard InChI is InChI=1S/C26H24N4O/c1-18(26(31)30-24-13-7-5-11-20(24)15-27)28-16-22(19-9-3-2-4-10-19)23-17-29-25-14-8-6-12-21(23)25/h2-14,17-18,22,28-29H,16H2,1H3,(H,30,31)/t18-,22-/m1/s1. The Hall–Kier alpha value is -3.88. The lowest BCUT2D eigenvalue weighted by Gasteiger charge is -2.21. The summed E-state index contributed by atoms with van der Waals surface area (Å²) in [6.45, 7) is 2.43. The Morgan fingerprint density at radius 1 is 1.00 bits per heavy atom. The van der Waals surface area contributed by atoms with Gasteiger partial charge in [-0.15, -0.1) is 0 Å². The maximum absolute atomic E-state index is 12.7. The fourth-order valence-corrected chi connectivity index (χ4v) is 3.79. The van der Waals surface area contributed by atoms with Crippen LogP contribution in [0.25, 0.3) is 10.9 Å². The van der Waals surface area contributed by atoms with Crippen LogP contribution < -0.4 is 10.6 Å². The molecule has 0 unspecified atom stereocenters. The van der Waals surface area contributed by atoms with Crippen molar-refractivity contribution in [1.82, 2.24) is 10.3 Å². The predicted molar refractivity (Wildman–Crippen MR) is 124 cm³/mol. The molecule has 5 nitrogen and oxygen atoms in total. The summed E-state index contributed by atoms with van der Waals surface area (Å²) in [5.74, 6) is -0.0903. The average molecular weight is 409 g/mol. The number of fused-ring (bicyclic) bond motifs is 1. The molecule has 0 aliphatic heterocycles. The number of para-hydroxylation sites is 2. The van der Waals surface area contributed by atoms with Crippen molar-refractivity contribution < 1.29 is 4.79 Å². The van der Waals surface area contributed by atoms with Crippen LogP contribution in [0, 0.1) is 11.3 Å². The Morgan fingerprint density at radius 2 is 1.71 bits per heavy atom. The number of anilines is 1. The highest BCUT2D eigenvalue weighted by Crippen LogP contribution is 2.30. The summed E-state index contributed by atoms with van der Waals surface area (Å²) < 4.78 is 0. The molecule has 0 spiro atoms. The highest BCUT2D eigenvalue weighted by Gasteiger charge is 2.21. The summed E-state index contributed by atoms with van der Waals surface area (Å²) in [6.07, 6.45) is 2.05. The molecule has 31 heavy (non-hydrogen) atoms. The van der Waals surface area contributed by atoms with Gasteiger partial charge >= 0.3 is 0 Å². The van der Waals surface area contributed by atoms with Gasteiger partial charge < -0.3 is 15.6 Å². The fraction of sp³-hybridized carbons (Fsp3) is 0.154. The summed E-state index contributed by atoms with van der Waals surface area (Å²) in [4.78, 5) is 16.1. The molecule has 3 N–H and O–H groups in total. The van der Waals surface area contributed by atoms with Crippen molar-refractivity contribution in [1.29, 1.82) is 5.26 Å². The average Bonchev–Trinajstić information content (AvgIpc) is 3.24. The number of aromatic amines is 1. The van der Waals surface area contributed by atoms with E-state index in [4.69, 9.17) is 0 Å². The van der Waals surface area contributed by atoms with Gasteiger partial charge in [-0.05, 0) is 36.2 Å². The maximum Gasteiger partial charge on any atom is 0.241 e. The topological polar surface area (TPSA) is 80.7 Å². The van der Waals surface area contributed by atoms with Crippen molar-refractivity contribution in [3.05, 3.63) is 102 Å². The molecule has 0 aliphatic rings. The van der Waals surface area contributed by atoms with Crippen molar-refractivity contribution in [2.75, 3.05) is 11.9 Å². The summed E-state index contributed by atoms with van der Waals surface area (Å²) in [5.41, 5.74) is 4.44. The van der Waals surface area contributed by atoms with Crippen LogP contribution in [0.1, 0.15) is 29.5 Å². The lowest BCUT2D eigenvalue weighted by Crippen LogP contribution is -2.40. The van der Waals surface area contributed by atoms with Crippen LogP contribution >= 0.6 is 0 Å². The second kappa shape index (κ2) is 9.29. The second-order valence-corrected chi connectivity index (χ2v) is 7.53. The van der Waals surface area contributed by atoms with Crippen molar-refractivity contribution in [3.8, 4) is 6.07 Å². The number of H-pyrrole nitrogens is 1. The van der Waals surface area contributed by atoms with Crippen LogP contribution in [0.3, 0.4) is 0 Å². The molecule has 4 rings (SSSR count). The number of amides is 1. The van der Waals surface area contributed by atoms with E-state index < -0.39 is 6.04 Å². The SMILES string of the molecule is C[C@@H](NC[C@H](c1ccccc1)c1c[nH]c2ccccc12)C(=O)Nc1ccccc1C#N. The smallest absolute Gasteiger partial charge is 0.241 e. The first kappa shape index (κ1) is 20.4. The Labute approximate surface area is 181 Å². The third-order valence-corrected chi connectivity index (χ3v) is 5.53. The zero-order chi connectivity index (χ0) is 21.6. The Bertz CT molecular complexity index is 1220. The predicted octanol–water partition coefficient (Wildman–Crippen LogP) is 4.79. The zero-order valence-corrected chi connectivity index (χ0v) is 17.3. The molecule has 5 heteroatoms. The molecule has 0 fully saturated rings. The van der Waals surface area contributed by atoms with Crippen LogP contribution in [0.2, 0.25) is 0 Å². The number of benzene rings is 3. The molecule has 4 aromatic rings.